The molecule has 6 N–H and O–H groups in total. The van der Waals surface area contributed by atoms with Crippen LogP contribution in [0.25, 0.3) is 0 Å². The number of aliphatic hydroxyl groups is 6. The summed E-state index contributed by atoms with van der Waals surface area (Å²) in [4.78, 5) is 10.8. The van der Waals surface area contributed by atoms with Crippen molar-refractivity contribution in [3.63, 3.8) is 0 Å². The number of rotatable bonds is 4. The van der Waals surface area contributed by atoms with Crippen LogP contribution in [0.3, 0.4) is 0 Å². The van der Waals surface area contributed by atoms with Crippen LogP contribution in [-0.4, -0.2) is 105 Å². The first-order valence-corrected chi connectivity index (χ1v) is 7.36. The van der Waals surface area contributed by atoms with Gasteiger partial charge in [-0.2, -0.15) is 0 Å². The van der Waals surface area contributed by atoms with E-state index in [-0.39, 0.29) is 13.2 Å². The molecule has 0 spiro atoms. The second-order valence-corrected chi connectivity index (χ2v) is 5.70. The molecule has 2 saturated heterocycles. The van der Waals surface area contributed by atoms with Crippen molar-refractivity contribution in [3.8, 4) is 0 Å². The Labute approximate surface area is 136 Å². The van der Waals surface area contributed by atoms with Crippen molar-refractivity contribution in [1.29, 1.82) is 0 Å². The Morgan fingerprint density at radius 3 is 2.33 bits per heavy atom. The Bertz CT molecular complexity index is 432. The van der Waals surface area contributed by atoms with Crippen LogP contribution in [0.4, 0.5) is 0 Å². The van der Waals surface area contributed by atoms with Gasteiger partial charge in [0, 0.05) is 6.92 Å². The predicted molar refractivity (Wildman–Crippen MR) is 72.2 cm³/mol. The molecule has 140 valence electrons. The van der Waals surface area contributed by atoms with E-state index in [1.807, 2.05) is 0 Å². The molecule has 0 aliphatic carbocycles. The molecule has 11 heteroatoms. The van der Waals surface area contributed by atoms with E-state index < -0.39 is 61.3 Å². The lowest BCUT2D eigenvalue weighted by atomic mass is 9.98. The van der Waals surface area contributed by atoms with Crippen LogP contribution in [0.5, 0.6) is 0 Å². The Balaban J connectivity index is 1.97. The minimum absolute atomic E-state index is 0.333. The molecule has 0 aromatic heterocycles. The van der Waals surface area contributed by atoms with Gasteiger partial charge in [-0.25, -0.2) is 0 Å². The largest absolute Gasteiger partial charge is 0.463 e. The molecule has 2 rings (SSSR count). The van der Waals surface area contributed by atoms with Crippen molar-refractivity contribution in [2.75, 3.05) is 13.2 Å². The van der Waals surface area contributed by atoms with Gasteiger partial charge >= 0.3 is 5.97 Å². The highest BCUT2D eigenvalue weighted by atomic mass is 16.7. The summed E-state index contributed by atoms with van der Waals surface area (Å²) in [5.74, 6) is -0.626. The van der Waals surface area contributed by atoms with Gasteiger partial charge in [0.15, 0.2) is 12.6 Å². The van der Waals surface area contributed by atoms with E-state index in [2.05, 4.69) is 4.74 Å². The van der Waals surface area contributed by atoms with E-state index in [1.54, 1.807) is 0 Å². The van der Waals surface area contributed by atoms with Gasteiger partial charge in [0.05, 0.1) is 6.61 Å². The van der Waals surface area contributed by atoms with Crippen LogP contribution in [-0.2, 0) is 23.7 Å². The third-order valence-electron chi connectivity index (χ3n) is 3.86. The molecule has 0 amide bonds. The van der Waals surface area contributed by atoms with Crippen molar-refractivity contribution in [2.45, 2.75) is 62.2 Å². The van der Waals surface area contributed by atoms with Crippen LogP contribution in [0.1, 0.15) is 6.92 Å². The van der Waals surface area contributed by atoms with Crippen LogP contribution < -0.4 is 0 Å². The van der Waals surface area contributed by atoms with E-state index in [0.29, 0.717) is 0 Å². The minimum Gasteiger partial charge on any atom is -0.463 e. The lowest BCUT2D eigenvalue weighted by Crippen LogP contribution is -2.62. The van der Waals surface area contributed by atoms with Gasteiger partial charge in [-0.15, -0.1) is 0 Å². The number of hydrogen-bond acceptors (Lipinski definition) is 11. The number of carbonyl (C=O) groups is 1. The quantitative estimate of drug-likeness (QED) is 0.270. The molecule has 0 aromatic carbocycles. The average Bonchev–Trinajstić information content (AvgIpc) is 2.53. The Morgan fingerprint density at radius 1 is 1.04 bits per heavy atom. The van der Waals surface area contributed by atoms with Crippen molar-refractivity contribution >= 4 is 5.97 Å². The zero-order chi connectivity index (χ0) is 18.0. The number of aliphatic hydroxyl groups excluding tert-OH is 6. The first kappa shape index (κ1) is 19.4. The molecule has 9 atom stereocenters. The maximum Gasteiger partial charge on any atom is 0.302 e. The zero-order valence-corrected chi connectivity index (χ0v) is 12.8. The molecule has 2 aliphatic rings. The number of hydrogen-bond donors (Lipinski definition) is 6. The van der Waals surface area contributed by atoms with Crippen LogP contribution >= 0.6 is 0 Å². The molecular weight excluding hydrogens is 332 g/mol. The van der Waals surface area contributed by atoms with Crippen LogP contribution in [0.15, 0.2) is 0 Å². The van der Waals surface area contributed by atoms with Crippen molar-refractivity contribution in [2.24, 2.45) is 0 Å². The normalized spacial score (nSPS) is 46.5. The maximum absolute atomic E-state index is 10.8. The second kappa shape index (κ2) is 7.99. The standard InChI is InChI=1S/C13H22O11/c1-4(14)21-3-6-8(17)9(18)11(12(20)23-6)24-13-10(19)7(16)5(15)2-22-13/h5-13,15-20H,2-3H2,1H3/t5-,6-,7+,8-,9+,10-,11-,12?,13+/m1/s1. The summed E-state index contributed by atoms with van der Waals surface area (Å²) in [6, 6.07) is 0. The summed E-state index contributed by atoms with van der Waals surface area (Å²) < 4.78 is 19.9. The summed E-state index contributed by atoms with van der Waals surface area (Å²) in [5, 5.41) is 58.7. The average molecular weight is 354 g/mol. The van der Waals surface area contributed by atoms with Crippen molar-refractivity contribution < 1.29 is 54.4 Å². The highest BCUT2D eigenvalue weighted by molar-refractivity contribution is 5.65. The SMILES string of the molecule is CC(=O)OC[C@H]1OC(O)[C@H](O[C@@H]2OC[C@@H](O)[C@H](O)[C@H]2O)[C@@H](O)[C@@H]1O. The van der Waals surface area contributed by atoms with E-state index in [4.69, 9.17) is 14.2 Å². The summed E-state index contributed by atoms with van der Waals surface area (Å²) in [6.07, 6.45) is -13.5. The second-order valence-electron chi connectivity index (χ2n) is 5.70. The highest BCUT2D eigenvalue weighted by Gasteiger charge is 2.48. The third-order valence-corrected chi connectivity index (χ3v) is 3.86. The fraction of sp³-hybridized carbons (Fsp3) is 0.923. The number of carbonyl (C=O) groups excluding carboxylic acids is 1. The smallest absolute Gasteiger partial charge is 0.302 e. The molecule has 2 aliphatic heterocycles. The summed E-state index contributed by atoms with van der Waals surface area (Å²) in [5.41, 5.74) is 0. The lowest BCUT2D eigenvalue weighted by molar-refractivity contribution is -0.349. The van der Waals surface area contributed by atoms with E-state index >= 15 is 0 Å². The summed E-state index contributed by atoms with van der Waals surface area (Å²) >= 11 is 0. The van der Waals surface area contributed by atoms with Crippen molar-refractivity contribution in [3.05, 3.63) is 0 Å². The Hall–Kier alpha value is -0.890. The van der Waals surface area contributed by atoms with Crippen LogP contribution in [0, 0.1) is 0 Å². The molecule has 11 nitrogen and oxygen atoms in total. The predicted octanol–water partition coefficient (Wildman–Crippen LogP) is -4.19. The molecule has 0 bridgehead atoms. The lowest BCUT2D eigenvalue weighted by Gasteiger charge is -2.43. The molecule has 24 heavy (non-hydrogen) atoms. The Morgan fingerprint density at radius 2 is 1.71 bits per heavy atom. The van der Waals surface area contributed by atoms with Crippen molar-refractivity contribution in [1.82, 2.24) is 0 Å². The fourth-order valence-corrected chi connectivity index (χ4v) is 2.46. The number of ether oxygens (including phenoxy) is 4. The van der Waals surface area contributed by atoms with Gasteiger partial charge < -0.3 is 49.6 Å². The molecular formula is C13H22O11. The van der Waals surface area contributed by atoms with E-state index in [1.165, 1.54) is 0 Å². The first-order chi connectivity index (χ1) is 11.2. The summed E-state index contributed by atoms with van der Waals surface area (Å²) in [7, 11) is 0. The van der Waals surface area contributed by atoms with Crippen LogP contribution in [0.2, 0.25) is 0 Å². The van der Waals surface area contributed by atoms with Gasteiger partial charge in [-0.1, -0.05) is 0 Å². The first-order valence-electron chi connectivity index (χ1n) is 7.36. The van der Waals surface area contributed by atoms with E-state index in [9.17, 15) is 35.4 Å². The molecule has 2 fully saturated rings. The zero-order valence-electron chi connectivity index (χ0n) is 12.8. The fourth-order valence-electron chi connectivity index (χ4n) is 2.46. The van der Waals surface area contributed by atoms with Gasteiger partial charge in [-0.3, -0.25) is 4.79 Å². The molecule has 2 heterocycles. The monoisotopic (exact) mass is 354 g/mol. The minimum atomic E-state index is -1.72. The van der Waals surface area contributed by atoms with Gasteiger partial charge in [0.2, 0.25) is 0 Å². The van der Waals surface area contributed by atoms with E-state index in [0.717, 1.165) is 6.92 Å². The van der Waals surface area contributed by atoms with Gasteiger partial charge in [-0.05, 0) is 0 Å². The molecule has 0 radical (unpaired) electrons. The van der Waals surface area contributed by atoms with Gasteiger partial charge in [0.25, 0.3) is 0 Å². The maximum atomic E-state index is 10.8. The van der Waals surface area contributed by atoms with Gasteiger partial charge in [0.1, 0.15) is 49.3 Å². The molecule has 0 aromatic rings. The molecule has 1 unspecified atom stereocenters. The molecule has 0 saturated carbocycles. The Kier molecular flexibility index (Phi) is 6.47. The highest BCUT2D eigenvalue weighted by Crippen LogP contribution is 2.26. The topological polar surface area (TPSA) is 175 Å². The number of esters is 1. The third kappa shape index (κ3) is 4.20. The summed E-state index contributed by atoms with van der Waals surface area (Å²) in [6.45, 7) is 0.431.